The van der Waals surface area contributed by atoms with Crippen LogP contribution >= 0.6 is 11.3 Å². The summed E-state index contributed by atoms with van der Waals surface area (Å²) in [6, 6.07) is 1.93. The third-order valence-corrected chi connectivity index (χ3v) is 6.78. The minimum Gasteiger partial charge on any atom is -0.495 e. The lowest BCUT2D eigenvalue weighted by Crippen LogP contribution is -2.53. The lowest BCUT2D eigenvalue weighted by Gasteiger charge is -2.60. The second-order valence-electron chi connectivity index (χ2n) is 7.70. The molecule has 5 rings (SSSR count). The van der Waals surface area contributed by atoms with Gasteiger partial charge in [0.1, 0.15) is 10.6 Å². The van der Waals surface area contributed by atoms with Gasteiger partial charge in [0.2, 0.25) is 0 Å². The molecule has 1 aromatic heterocycles. The summed E-state index contributed by atoms with van der Waals surface area (Å²) in [5, 5.41) is 1.98. The molecule has 2 nitrogen and oxygen atoms in total. The number of carbonyl (C=O) groups excluding carboxylic acids is 1. The smallest absolute Gasteiger partial charge is 0.182 e. The molecule has 1 heterocycles. The normalized spacial score (nSPS) is 41.9. The molecule has 4 aliphatic rings. The third kappa shape index (κ3) is 1.71. The highest BCUT2D eigenvalue weighted by molar-refractivity contribution is 7.12. The quantitative estimate of drug-likeness (QED) is 0.764. The Balaban J connectivity index is 1.72. The number of rotatable bonds is 3. The topological polar surface area (TPSA) is 26.3 Å². The van der Waals surface area contributed by atoms with E-state index < -0.39 is 0 Å². The zero-order chi connectivity index (χ0) is 14.0. The van der Waals surface area contributed by atoms with Gasteiger partial charge in [0, 0.05) is 5.41 Å². The summed E-state index contributed by atoms with van der Waals surface area (Å²) < 4.78 is 5.38. The van der Waals surface area contributed by atoms with E-state index in [0.29, 0.717) is 11.2 Å². The van der Waals surface area contributed by atoms with Gasteiger partial charge in [-0.1, -0.05) is 6.92 Å². The van der Waals surface area contributed by atoms with Crippen LogP contribution < -0.4 is 4.74 Å². The Bertz CT molecular complexity index is 545. The molecule has 0 spiro atoms. The van der Waals surface area contributed by atoms with Gasteiger partial charge >= 0.3 is 0 Å². The van der Waals surface area contributed by atoms with E-state index in [2.05, 4.69) is 6.92 Å². The largest absolute Gasteiger partial charge is 0.495 e. The van der Waals surface area contributed by atoms with Crippen LogP contribution in [0.2, 0.25) is 0 Å². The number of hydrogen-bond acceptors (Lipinski definition) is 3. The van der Waals surface area contributed by atoms with Crippen molar-refractivity contribution in [3.8, 4) is 5.75 Å². The predicted molar refractivity (Wildman–Crippen MR) is 80.4 cm³/mol. The molecule has 20 heavy (non-hydrogen) atoms. The van der Waals surface area contributed by atoms with Crippen LogP contribution in [0.15, 0.2) is 11.4 Å². The van der Waals surface area contributed by atoms with Crippen molar-refractivity contribution in [1.82, 2.24) is 0 Å². The SMILES string of the molecule is COc1ccsc1C(=O)C12CC3CC(CC(C)(C3)C1)C2. The van der Waals surface area contributed by atoms with Crippen molar-refractivity contribution in [2.24, 2.45) is 22.7 Å². The van der Waals surface area contributed by atoms with Crippen molar-refractivity contribution < 1.29 is 9.53 Å². The van der Waals surface area contributed by atoms with Crippen molar-refractivity contribution in [2.75, 3.05) is 7.11 Å². The third-order valence-electron chi connectivity index (χ3n) is 5.89. The molecule has 0 N–H and O–H groups in total. The maximum atomic E-state index is 13.2. The first-order valence-corrected chi connectivity index (χ1v) is 8.58. The van der Waals surface area contributed by atoms with Crippen molar-refractivity contribution in [1.29, 1.82) is 0 Å². The molecule has 4 bridgehead atoms. The lowest BCUT2D eigenvalue weighted by molar-refractivity contribution is -0.0819. The summed E-state index contributed by atoms with van der Waals surface area (Å²) in [6.07, 6.45) is 7.41. The second-order valence-corrected chi connectivity index (χ2v) is 8.62. The average Bonchev–Trinajstić information content (AvgIpc) is 2.82. The van der Waals surface area contributed by atoms with E-state index in [9.17, 15) is 4.79 Å². The van der Waals surface area contributed by atoms with Crippen LogP contribution in [0.25, 0.3) is 0 Å². The highest BCUT2D eigenvalue weighted by Crippen LogP contribution is 2.66. The van der Waals surface area contributed by atoms with Gasteiger partial charge < -0.3 is 4.74 Å². The van der Waals surface area contributed by atoms with E-state index in [1.54, 1.807) is 18.4 Å². The van der Waals surface area contributed by atoms with E-state index in [1.807, 2.05) is 11.4 Å². The number of carbonyl (C=O) groups is 1. The van der Waals surface area contributed by atoms with Crippen LogP contribution in [-0.2, 0) is 0 Å². The predicted octanol–water partition coefficient (Wildman–Crippen LogP) is 4.55. The summed E-state index contributed by atoms with van der Waals surface area (Å²) >= 11 is 1.56. The monoisotopic (exact) mass is 290 g/mol. The molecule has 0 radical (unpaired) electrons. The molecule has 2 atom stereocenters. The molecular weight excluding hydrogens is 268 g/mol. The molecule has 4 fully saturated rings. The number of Topliss-reactive ketones (excluding diaryl/α,β-unsaturated/α-hetero) is 1. The highest BCUT2D eigenvalue weighted by Gasteiger charge is 2.59. The summed E-state index contributed by atoms with van der Waals surface area (Å²) in [5.41, 5.74) is 0.348. The van der Waals surface area contributed by atoms with Gasteiger partial charge in [-0.25, -0.2) is 0 Å². The van der Waals surface area contributed by atoms with E-state index in [4.69, 9.17) is 4.74 Å². The Labute approximate surface area is 124 Å². The van der Waals surface area contributed by atoms with Crippen molar-refractivity contribution in [2.45, 2.75) is 45.4 Å². The maximum absolute atomic E-state index is 13.2. The molecule has 2 unspecified atom stereocenters. The molecule has 0 saturated heterocycles. The minimum absolute atomic E-state index is 0.0725. The van der Waals surface area contributed by atoms with E-state index in [0.717, 1.165) is 41.7 Å². The summed E-state index contributed by atoms with van der Waals surface area (Å²) in [6.45, 7) is 2.41. The van der Waals surface area contributed by atoms with Gasteiger partial charge in [-0.05, 0) is 67.2 Å². The minimum atomic E-state index is -0.0725. The maximum Gasteiger partial charge on any atom is 0.182 e. The average molecular weight is 290 g/mol. The standard InChI is InChI=1S/C17H22O2S/c1-16-6-11-5-12(7-16)9-17(8-11,10-16)15(18)14-13(19-2)3-4-20-14/h3-4,11-12H,5-10H2,1-2H3. The van der Waals surface area contributed by atoms with Crippen molar-refractivity contribution >= 4 is 17.1 Å². The summed E-state index contributed by atoms with van der Waals surface area (Å²) in [5.74, 6) is 2.73. The van der Waals surface area contributed by atoms with Gasteiger partial charge in [-0.2, -0.15) is 0 Å². The Morgan fingerprint density at radius 2 is 2.00 bits per heavy atom. The Morgan fingerprint density at radius 1 is 1.30 bits per heavy atom. The first kappa shape index (κ1) is 12.9. The fourth-order valence-corrected chi connectivity index (χ4v) is 6.77. The molecule has 108 valence electrons. The highest BCUT2D eigenvalue weighted by atomic mass is 32.1. The van der Waals surface area contributed by atoms with Gasteiger partial charge in [-0.15, -0.1) is 11.3 Å². The van der Waals surface area contributed by atoms with Gasteiger partial charge in [-0.3, -0.25) is 4.79 Å². The zero-order valence-corrected chi connectivity index (χ0v) is 13.1. The van der Waals surface area contributed by atoms with E-state index >= 15 is 0 Å². The molecular formula is C17H22O2S. The van der Waals surface area contributed by atoms with Crippen molar-refractivity contribution in [3.63, 3.8) is 0 Å². The number of ketones is 1. The molecule has 3 heteroatoms. The summed E-state index contributed by atoms with van der Waals surface area (Å²) in [4.78, 5) is 14.1. The van der Waals surface area contributed by atoms with Gasteiger partial charge in [0.05, 0.1) is 7.11 Å². The molecule has 0 aliphatic heterocycles. The first-order chi connectivity index (χ1) is 9.54. The molecule has 4 saturated carbocycles. The van der Waals surface area contributed by atoms with Crippen LogP contribution in [0, 0.1) is 22.7 Å². The fraction of sp³-hybridized carbons (Fsp3) is 0.706. The van der Waals surface area contributed by atoms with Crippen LogP contribution in [0.5, 0.6) is 5.75 Å². The van der Waals surface area contributed by atoms with Gasteiger partial charge in [0.15, 0.2) is 5.78 Å². The van der Waals surface area contributed by atoms with Crippen molar-refractivity contribution in [3.05, 3.63) is 16.3 Å². The van der Waals surface area contributed by atoms with Crippen LogP contribution in [0.4, 0.5) is 0 Å². The number of hydrogen-bond donors (Lipinski definition) is 0. The molecule has 1 aromatic rings. The molecule has 4 aliphatic carbocycles. The first-order valence-electron chi connectivity index (χ1n) is 7.70. The van der Waals surface area contributed by atoms with E-state index in [-0.39, 0.29) is 5.41 Å². The molecule has 0 aromatic carbocycles. The van der Waals surface area contributed by atoms with Crippen LogP contribution in [-0.4, -0.2) is 12.9 Å². The lowest BCUT2D eigenvalue weighted by atomic mass is 9.44. The van der Waals surface area contributed by atoms with Gasteiger partial charge in [0.25, 0.3) is 0 Å². The Kier molecular flexibility index (Phi) is 2.64. The Hall–Kier alpha value is -0.830. The van der Waals surface area contributed by atoms with E-state index in [1.165, 1.54) is 19.3 Å². The Morgan fingerprint density at radius 3 is 2.60 bits per heavy atom. The zero-order valence-electron chi connectivity index (χ0n) is 12.3. The summed E-state index contributed by atoms with van der Waals surface area (Å²) in [7, 11) is 1.67. The fourth-order valence-electron chi connectivity index (χ4n) is 5.85. The number of thiophene rings is 1. The molecule has 0 amide bonds. The van der Waals surface area contributed by atoms with Crippen LogP contribution in [0.1, 0.15) is 55.1 Å². The second kappa shape index (κ2) is 4.09. The number of methoxy groups -OCH3 is 1. The van der Waals surface area contributed by atoms with Crippen LogP contribution in [0.3, 0.4) is 0 Å². The number of ether oxygens (including phenoxy) is 1.